The Morgan fingerprint density at radius 2 is 2.05 bits per heavy atom. The van der Waals surface area contributed by atoms with Gasteiger partial charge in [0.05, 0.1) is 22.9 Å². The van der Waals surface area contributed by atoms with Gasteiger partial charge in [-0.05, 0) is 22.6 Å². The highest BCUT2D eigenvalue weighted by Gasteiger charge is 2.44. The van der Waals surface area contributed by atoms with Crippen LogP contribution in [0.2, 0.25) is 0 Å². The second-order valence-electron chi connectivity index (χ2n) is 4.23. The number of halogens is 1. The van der Waals surface area contributed by atoms with Gasteiger partial charge < -0.3 is 20.1 Å². The molecule has 1 saturated heterocycles. The van der Waals surface area contributed by atoms with Crippen molar-refractivity contribution >= 4 is 22.6 Å². The lowest BCUT2D eigenvalue weighted by Crippen LogP contribution is -2.37. The van der Waals surface area contributed by atoms with Gasteiger partial charge in [0.15, 0.2) is 6.23 Å². The maximum Gasteiger partial charge on any atom is 0.330 e. The lowest BCUT2D eigenvalue weighted by atomic mass is 9.99. The number of H-pyrrole nitrogens is 1. The van der Waals surface area contributed by atoms with E-state index in [2.05, 4.69) is 4.98 Å². The molecule has 1 aliphatic heterocycles. The van der Waals surface area contributed by atoms with Crippen molar-refractivity contribution in [3.05, 3.63) is 30.6 Å². The summed E-state index contributed by atoms with van der Waals surface area (Å²) in [7, 11) is 0. The number of hydrogen-bond donors (Lipinski definition) is 4. The number of aromatic nitrogens is 2. The maximum atomic E-state index is 11.7. The summed E-state index contributed by atoms with van der Waals surface area (Å²) in [6.45, 7) is -0.758. The van der Waals surface area contributed by atoms with Gasteiger partial charge in [-0.1, -0.05) is 0 Å². The van der Waals surface area contributed by atoms with E-state index in [0.717, 1.165) is 4.57 Å². The van der Waals surface area contributed by atoms with Gasteiger partial charge in [0, 0.05) is 12.1 Å². The van der Waals surface area contributed by atoms with Crippen LogP contribution < -0.4 is 11.2 Å². The third-order valence-electron chi connectivity index (χ3n) is 3.11. The molecule has 0 saturated carbocycles. The summed E-state index contributed by atoms with van der Waals surface area (Å²) < 4.78 is 6.68. The highest BCUT2D eigenvalue weighted by atomic mass is 127. The van der Waals surface area contributed by atoms with Crippen molar-refractivity contribution in [3.8, 4) is 0 Å². The summed E-state index contributed by atoms with van der Waals surface area (Å²) in [6, 6.07) is 0. The van der Waals surface area contributed by atoms with Crippen LogP contribution in [0.3, 0.4) is 0 Å². The summed E-state index contributed by atoms with van der Waals surface area (Å²) in [4.78, 5) is 25.1. The van der Waals surface area contributed by atoms with E-state index >= 15 is 0 Å². The molecule has 0 bridgehead atoms. The van der Waals surface area contributed by atoms with Crippen LogP contribution in [0.25, 0.3) is 0 Å². The Kier molecular flexibility index (Phi) is 4.40. The number of aromatic amines is 1. The lowest BCUT2D eigenvalue weighted by Gasteiger charge is -2.18. The van der Waals surface area contributed by atoms with Crippen LogP contribution in [-0.2, 0) is 4.74 Å². The molecule has 0 unspecified atom stereocenters. The van der Waals surface area contributed by atoms with Gasteiger partial charge in [0.1, 0.15) is 6.10 Å². The van der Waals surface area contributed by atoms with Crippen LogP contribution in [0.4, 0.5) is 0 Å². The predicted octanol–water partition coefficient (Wildman–Crippen LogP) is -2.00. The molecule has 1 fully saturated rings. The second kappa shape index (κ2) is 5.71. The number of hydrogen-bond acceptors (Lipinski definition) is 6. The first-order chi connectivity index (χ1) is 8.99. The lowest BCUT2D eigenvalue weighted by molar-refractivity contribution is -0.0539. The number of aliphatic hydroxyl groups is 3. The summed E-state index contributed by atoms with van der Waals surface area (Å²) >= 11 is 1.75. The number of nitrogens with one attached hydrogen (secondary N) is 1. The maximum absolute atomic E-state index is 11.7. The monoisotopic (exact) mass is 384 g/mol. The van der Waals surface area contributed by atoms with Gasteiger partial charge in [-0.2, -0.15) is 0 Å². The minimum atomic E-state index is -1.15. The Morgan fingerprint density at radius 3 is 2.58 bits per heavy atom. The van der Waals surface area contributed by atoms with E-state index in [4.69, 9.17) is 9.84 Å². The molecular weight excluding hydrogens is 371 g/mol. The van der Waals surface area contributed by atoms with Crippen molar-refractivity contribution in [1.29, 1.82) is 0 Å². The Morgan fingerprint density at radius 1 is 1.37 bits per heavy atom. The summed E-state index contributed by atoms with van der Waals surface area (Å²) in [5, 5.41) is 28.3. The third-order valence-corrected chi connectivity index (χ3v) is 3.88. The molecule has 0 aliphatic carbocycles. The van der Waals surface area contributed by atoms with Crippen LogP contribution >= 0.6 is 22.6 Å². The summed E-state index contributed by atoms with van der Waals surface area (Å²) in [6.07, 6.45) is -1.70. The Hall–Kier alpha value is -0.750. The first-order valence-electron chi connectivity index (χ1n) is 5.55. The van der Waals surface area contributed by atoms with Crippen LogP contribution in [0.1, 0.15) is 6.23 Å². The molecule has 0 spiro atoms. The molecule has 9 heteroatoms. The SMILES string of the molecule is O=c1[nH]c(=O)n([C@@H]2O[C@H](CO)[C@H](CO)[C@@H]2O)cc1I. The standard InChI is InChI=1S/C10H13IN2O6/c11-5-1-13(10(18)12-8(5)17)9-7(16)4(2-14)6(3-15)19-9/h1,4,6-7,9,14-16H,2-3H2,(H,12,17,18)/t4-,6+,7-,9+/m0/s1. The first kappa shape index (κ1) is 14.7. The molecular formula is C10H13IN2O6. The molecule has 1 aliphatic rings. The zero-order valence-corrected chi connectivity index (χ0v) is 11.9. The molecule has 0 aromatic carbocycles. The summed E-state index contributed by atoms with van der Waals surface area (Å²) in [5.41, 5.74) is -1.24. The Labute approximate surface area is 120 Å². The van der Waals surface area contributed by atoms with Gasteiger partial charge >= 0.3 is 5.69 Å². The minimum Gasteiger partial charge on any atom is -0.396 e. The van der Waals surface area contributed by atoms with E-state index in [1.165, 1.54) is 6.20 Å². The quantitative estimate of drug-likeness (QED) is 0.447. The highest BCUT2D eigenvalue weighted by molar-refractivity contribution is 14.1. The van der Waals surface area contributed by atoms with Crippen LogP contribution in [0.15, 0.2) is 15.8 Å². The molecule has 0 amide bonds. The van der Waals surface area contributed by atoms with E-state index in [1.807, 2.05) is 0 Å². The molecule has 2 heterocycles. The number of nitrogens with zero attached hydrogens (tertiary/aromatic N) is 1. The fourth-order valence-electron chi connectivity index (χ4n) is 2.08. The van der Waals surface area contributed by atoms with Crippen LogP contribution in [-0.4, -0.2) is 50.3 Å². The van der Waals surface area contributed by atoms with Crippen molar-refractivity contribution in [2.45, 2.75) is 18.4 Å². The van der Waals surface area contributed by atoms with Gasteiger partial charge in [0.2, 0.25) is 0 Å². The van der Waals surface area contributed by atoms with E-state index in [0.29, 0.717) is 0 Å². The third kappa shape index (κ3) is 2.60. The van der Waals surface area contributed by atoms with E-state index in [-0.39, 0.29) is 16.8 Å². The second-order valence-corrected chi connectivity index (χ2v) is 5.39. The minimum absolute atomic E-state index is 0.265. The van der Waals surface area contributed by atoms with Crippen molar-refractivity contribution in [2.75, 3.05) is 13.2 Å². The van der Waals surface area contributed by atoms with Crippen molar-refractivity contribution in [1.82, 2.24) is 9.55 Å². The molecule has 8 nitrogen and oxygen atoms in total. The zero-order valence-electron chi connectivity index (χ0n) is 9.69. The van der Waals surface area contributed by atoms with Gasteiger partial charge in [-0.25, -0.2) is 4.79 Å². The fraction of sp³-hybridized carbons (Fsp3) is 0.600. The smallest absolute Gasteiger partial charge is 0.330 e. The Bertz CT molecular complexity index is 570. The normalized spacial score (nSPS) is 30.7. The molecule has 0 radical (unpaired) electrons. The van der Waals surface area contributed by atoms with Gasteiger partial charge in [-0.3, -0.25) is 14.3 Å². The number of ether oxygens (including phenoxy) is 1. The number of aliphatic hydroxyl groups excluding tert-OH is 3. The molecule has 4 atom stereocenters. The molecule has 1 aromatic rings. The highest BCUT2D eigenvalue weighted by Crippen LogP contribution is 2.32. The van der Waals surface area contributed by atoms with E-state index in [1.54, 1.807) is 22.6 Å². The molecule has 19 heavy (non-hydrogen) atoms. The topological polar surface area (TPSA) is 125 Å². The molecule has 4 N–H and O–H groups in total. The molecule has 106 valence electrons. The van der Waals surface area contributed by atoms with Gasteiger partial charge in [-0.15, -0.1) is 0 Å². The molecule has 2 rings (SSSR count). The zero-order chi connectivity index (χ0) is 14.2. The van der Waals surface area contributed by atoms with Gasteiger partial charge in [0.25, 0.3) is 5.56 Å². The van der Waals surface area contributed by atoms with Crippen molar-refractivity contribution < 1.29 is 20.1 Å². The van der Waals surface area contributed by atoms with Crippen LogP contribution in [0.5, 0.6) is 0 Å². The van der Waals surface area contributed by atoms with E-state index in [9.17, 15) is 19.8 Å². The fourth-order valence-corrected chi connectivity index (χ4v) is 2.51. The number of rotatable bonds is 3. The van der Waals surface area contributed by atoms with Crippen molar-refractivity contribution in [2.24, 2.45) is 5.92 Å². The average molecular weight is 384 g/mol. The molecule has 1 aromatic heterocycles. The Balaban J connectivity index is 2.41. The first-order valence-corrected chi connectivity index (χ1v) is 6.63. The summed E-state index contributed by atoms with van der Waals surface area (Å²) in [5.74, 6) is -0.688. The largest absolute Gasteiger partial charge is 0.396 e. The predicted molar refractivity (Wildman–Crippen MR) is 71.6 cm³/mol. The van der Waals surface area contributed by atoms with E-state index < -0.39 is 35.6 Å². The van der Waals surface area contributed by atoms with Crippen molar-refractivity contribution in [3.63, 3.8) is 0 Å². The average Bonchev–Trinajstić information content (AvgIpc) is 2.70. The van der Waals surface area contributed by atoms with Crippen LogP contribution in [0, 0.1) is 9.49 Å².